The summed E-state index contributed by atoms with van der Waals surface area (Å²) in [5.41, 5.74) is 0.846. The van der Waals surface area contributed by atoms with Gasteiger partial charge < -0.3 is 9.47 Å². The van der Waals surface area contributed by atoms with Gasteiger partial charge in [0.05, 0.1) is 19.1 Å². The van der Waals surface area contributed by atoms with Crippen molar-refractivity contribution in [1.82, 2.24) is 0 Å². The van der Waals surface area contributed by atoms with Crippen molar-refractivity contribution in [3.05, 3.63) is 70.2 Å². The largest absolute Gasteiger partial charge is 0.465 e. The normalized spacial score (nSPS) is 23.6. The van der Waals surface area contributed by atoms with Crippen LogP contribution in [0.2, 0.25) is 5.02 Å². The smallest absolute Gasteiger partial charge is 0.323 e. The second-order valence-corrected chi connectivity index (χ2v) is 8.62. The Balaban J connectivity index is 1.87. The molecule has 0 spiro atoms. The fourth-order valence-corrected chi connectivity index (χ4v) is 5.47. The lowest BCUT2D eigenvalue weighted by molar-refractivity contribution is -0.172. The van der Waals surface area contributed by atoms with Crippen molar-refractivity contribution in [3.63, 3.8) is 0 Å². The molecule has 31 heavy (non-hydrogen) atoms. The van der Waals surface area contributed by atoms with E-state index in [4.69, 9.17) is 21.1 Å². The van der Waals surface area contributed by atoms with Crippen LogP contribution in [-0.2, 0) is 19.1 Å². The van der Waals surface area contributed by atoms with Gasteiger partial charge in [0.15, 0.2) is 11.2 Å². The number of Topliss-reactive ketones (excluding diaryl/α,β-unsaturated/α-hetero) is 1. The Kier molecular flexibility index (Phi) is 5.89. The SMILES string of the molecule is CCOC(=O)C1(C(=O)OCC)C[C@@H]2[C@H](C1)c1cc(Cl)ccc1C(=O)[C@H]2c1ccccc1. The minimum atomic E-state index is -1.43. The molecular weight excluding hydrogens is 416 g/mol. The standard InChI is InChI=1S/C25H25ClO5/c1-3-30-23(28)25(24(29)31-4-2)13-19-18-12-16(26)10-11-17(18)22(27)21(20(19)14-25)15-8-6-5-7-9-15/h5-12,19-21H,3-4,13-14H2,1-2H3/t19-,20-,21+/m1/s1. The van der Waals surface area contributed by atoms with E-state index in [1.807, 2.05) is 30.3 Å². The van der Waals surface area contributed by atoms with Gasteiger partial charge >= 0.3 is 11.9 Å². The molecule has 0 aliphatic heterocycles. The zero-order chi connectivity index (χ0) is 22.2. The minimum absolute atomic E-state index is 0.0114. The monoisotopic (exact) mass is 440 g/mol. The van der Waals surface area contributed by atoms with Crippen molar-refractivity contribution in [2.75, 3.05) is 13.2 Å². The number of benzene rings is 2. The molecule has 2 aromatic rings. The Hall–Kier alpha value is -2.66. The van der Waals surface area contributed by atoms with Crippen molar-refractivity contribution in [2.24, 2.45) is 11.3 Å². The number of fused-ring (bicyclic) bond motifs is 3. The first-order valence-corrected chi connectivity index (χ1v) is 11.0. The Morgan fingerprint density at radius 2 is 1.65 bits per heavy atom. The predicted molar refractivity (Wildman–Crippen MR) is 116 cm³/mol. The lowest BCUT2D eigenvalue weighted by Crippen LogP contribution is -2.40. The fourth-order valence-electron chi connectivity index (χ4n) is 5.29. The van der Waals surface area contributed by atoms with Gasteiger partial charge in [-0.3, -0.25) is 14.4 Å². The first-order chi connectivity index (χ1) is 14.9. The highest BCUT2D eigenvalue weighted by Crippen LogP contribution is 2.60. The summed E-state index contributed by atoms with van der Waals surface area (Å²) in [6.07, 6.45) is 0.436. The highest BCUT2D eigenvalue weighted by atomic mass is 35.5. The van der Waals surface area contributed by atoms with Crippen LogP contribution in [0.25, 0.3) is 0 Å². The van der Waals surface area contributed by atoms with Gasteiger partial charge in [0.25, 0.3) is 0 Å². The third-order valence-corrected chi connectivity index (χ3v) is 6.78. The highest BCUT2D eigenvalue weighted by molar-refractivity contribution is 6.30. The molecule has 0 N–H and O–H groups in total. The van der Waals surface area contributed by atoms with Crippen molar-refractivity contribution < 1.29 is 23.9 Å². The molecule has 0 amide bonds. The summed E-state index contributed by atoms with van der Waals surface area (Å²) in [6, 6.07) is 14.8. The van der Waals surface area contributed by atoms with Gasteiger partial charge in [0.1, 0.15) is 0 Å². The molecule has 5 nitrogen and oxygen atoms in total. The first kappa shape index (κ1) is 21.6. The summed E-state index contributed by atoms with van der Waals surface area (Å²) < 4.78 is 10.7. The summed E-state index contributed by atoms with van der Waals surface area (Å²) >= 11 is 6.27. The summed E-state index contributed by atoms with van der Waals surface area (Å²) in [7, 11) is 0. The Morgan fingerprint density at radius 1 is 1.00 bits per heavy atom. The molecule has 0 heterocycles. The van der Waals surface area contributed by atoms with Crippen LogP contribution >= 0.6 is 11.6 Å². The molecule has 4 rings (SSSR count). The molecule has 2 aliphatic rings. The van der Waals surface area contributed by atoms with Crippen molar-refractivity contribution >= 4 is 29.3 Å². The van der Waals surface area contributed by atoms with Crippen LogP contribution < -0.4 is 0 Å². The van der Waals surface area contributed by atoms with Crippen molar-refractivity contribution in [2.45, 2.75) is 38.5 Å². The number of carbonyl (C=O) groups excluding carboxylic acids is 3. The zero-order valence-electron chi connectivity index (χ0n) is 17.6. The van der Waals surface area contributed by atoms with Gasteiger partial charge in [-0.1, -0.05) is 41.9 Å². The number of hydrogen-bond donors (Lipinski definition) is 0. The maximum Gasteiger partial charge on any atom is 0.323 e. The number of rotatable bonds is 5. The number of carbonyl (C=O) groups is 3. The zero-order valence-corrected chi connectivity index (χ0v) is 18.4. The van der Waals surface area contributed by atoms with Crippen molar-refractivity contribution in [3.8, 4) is 0 Å². The molecule has 0 bridgehead atoms. The van der Waals surface area contributed by atoms with Gasteiger partial charge in [-0.2, -0.15) is 0 Å². The average molecular weight is 441 g/mol. The fraction of sp³-hybridized carbons (Fsp3) is 0.400. The van der Waals surface area contributed by atoms with Gasteiger partial charge in [0, 0.05) is 10.6 Å². The number of halogens is 1. The maximum absolute atomic E-state index is 13.6. The average Bonchev–Trinajstić information content (AvgIpc) is 3.17. The molecule has 1 saturated carbocycles. The van der Waals surface area contributed by atoms with Crippen LogP contribution in [0.15, 0.2) is 48.5 Å². The van der Waals surface area contributed by atoms with E-state index in [1.54, 1.807) is 32.0 Å². The third-order valence-electron chi connectivity index (χ3n) is 6.55. The summed E-state index contributed by atoms with van der Waals surface area (Å²) in [5, 5.41) is 0.522. The van der Waals surface area contributed by atoms with Gasteiger partial charge in [-0.15, -0.1) is 0 Å². The quantitative estimate of drug-likeness (QED) is 0.487. The molecule has 2 aliphatic carbocycles. The van der Waals surface area contributed by atoms with Crippen LogP contribution in [-0.4, -0.2) is 30.9 Å². The van der Waals surface area contributed by atoms with Gasteiger partial charge in [-0.25, -0.2) is 0 Å². The molecule has 0 radical (unpaired) electrons. The number of esters is 2. The molecule has 2 aromatic carbocycles. The van der Waals surface area contributed by atoms with Crippen LogP contribution in [0, 0.1) is 11.3 Å². The number of hydrogen-bond acceptors (Lipinski definition) is 5. The molecule has 0 saturated heterocycles. The number of ether oxygens (including phenoxy) is 2. The number of ketones is 1. The maximum atomic E-state index is 13.6. The van der Waals surface area contributed by atoms with E-state index in [0.29, 0.717) is 10.6 Å². The van der Waals surface area contributed by atoms with E-state index in [2.05, 4.69) is 0 Å². The van der Waals surface area contributed by atoms with E-state index < -0.39 is 23.3 Å². The summed E-state index contributed by atoms with van der Waals surface area (Å²) in [5.74, 6) is -2.05. The minimum Gasteiger partial charge on any atom is -0.465 e. The van der Waals surface area contributed by atoms with Gasteiger partial charge in [-0.05, 0) is 67.9 Å². The van der Waals surface area contributed by atoms with E-state index in [1.165, 1.54) is 0 Å². The second kappa shape index (κ2) is 8.46. The van der Waals surface area contributed by atoms with Crippen molar-refractivity contribution in [1.29, 1.82) is 0 Å². The third kappa shape index (κ3) is 3.55. The van der Waals surface area contributed by atoms with Crippen LogP contribution in [0.1, 0.15) is 60.0 Å². The van der Waals surface area contributed by atoms with E-state index in [0.717, 1.165) is 11.1 Å². The molecule has 1 fully saturated rings. The summed E-state index contributed by atoms with van der Waals surface area (Å²) in [6.45, 7) is 3.76. The lowest BCUT2D eigenvalue weighted by atomic mass is 9.67. The predicted octanol–water partition coefficient (Wildman–Crippen LogP) is 4.93. The molecule has 162 valence electrons. The van der Waals surface area contributed by atoms with E-state index in [9.17, 15) is 14.4 Å². The van der Waals surface area contributed by atoms with E-state index >= 15 is 0 Å². The highest BCUT2D eigenvalue weighted by Gasteiger charge is 2.61. The molecule has 0 aromatic heterocycles. The topological polar surface area (TPSA) is 69.7 Å². The van der Waals surface area contributed by atoms with Crippen LogP contribution in [0.5, 0.6) is 0 Å². The Labute approximate surface area is 186 Å². The first-order valence-electron chi connectivity index (χ1n) is 10.7. The van der Waals surface area contributed by atoms with Crippen LogP contribution in [0.4, 0.5) is 0 Å². The molecule has 0 unspecified atom stereocenters. The Bertz CT molecular complexity index is 998. The van der Waals surface area contributed by atoms with Gasteiger partial charge in [0.2, 0.25) is 0 Å². The van der Waals surface area contributed by atoms with E-state index in [-0.39, 0.29) is 43.7 Å². The molecule has 6 heteroatoms. The summed E-state index contributed by atoms with van der Waals surface area (Å²) in [4.78, 5) is 39.8. The molecule has 3 atom stereocenters. The molecular formula is C25H25ClO5. The lowest BCUT2D eigenvalue weighted by Gasteiger charge is -2.34. The second-order valence-electron chi connectivity index (χ2n) is 8.19. The Morgan fingerprint density at radius 3 is 2.26 bits per heavy atom. The van der Waals surface area contributed by atoms with Crippen LogP contribution in [0.3, 0.4) is 0 Å².